The maximum atomic E-state index is 11.9. The van der Waals surface area contributed by atoms with Crippen LogP contribution in [0.5, 0.6) is 0 Å². The summed E-state index contributed by atoms with van der Waals surface area (Å²) >= 11 is 0. The molecule has 1 saturated carbocycles. The van der Waals surface area contributed by atoms with Gasteiger partial charge in [-0.05, 0) is 19.8 Å². The van der Waals surface area contributed by atoms with Crippen molar-refractivity contribution < 1.29 is 9.59 Å². The monoisotopic (exact) mass is 206 g/mol. The Morgan fingerprint density at radius 1 is 1.40 bits per heavy atom. The lowest BCUT2D eigenvalue weighted by Gasteiger charge is -2.21. The molecule has 0 spiro atoms. The lowest BCUT2D eigenvalue weighted by atomic mass is 10.00. The second-order valence-corrected chi connectivity index (χ2v) is 4.40. The van der Waals surface area contributed by atoms with Gasteiger partial charge in [-0.1, -0.05) is 6.42 Å². The van der Waals surface area contributed by atoms with Crippen LogP contribution in [-0.4, -0.2) is 22.8 Å². The number of likely N-dealkylation sites (tertiary alicyclic amines) is 1. The Morgan fingerprint density at radius 3 is 2.40 bits per heavy atom. The number of hydrogen-bond acceptors (Lipinski definition) is 3. The second-order valence-electron chi connectivity index (χ2n) is 4.40. The molecular weight excluding hydrogens is 192 g/mol. The molecule has 80 valence electrons. The number of nitrogens with zero attached hydrogens (tertiary/aromatic N) is 2. The van der Waals surface area contributed by atoms with Crippen molar-refractivity contribution in [3.63, 3.8) is 0 Å². The third kappa shape index (κ3) is 1.43. The summed E-state index contributed by atoms with van der Waals surface area (Å²) in [5, 5.41) is 8.57. The van der Waals surface area contributed by atoms with E-state index in [1.54, 1.807) is 6.92 Å². The van der Waals surface area contributed by atoms with Crippen molar-refractivity contribution >= 4 is 11.8 Å². The van der Waals surface area contributed by atoms with E-state index in [0.29, 0.717) is 0 Å². The molecule has 3 unspecified atom stereocenters. The average Bonchev–Trinajstić information content (AvgIpc) is 2.72. The van der Waals surface area contributed by atoms with Gasteiger partial charge in [-0.3, -0.25) is 14.5 Å². The van der Waals surface area contributed by atoms with Gasteiger partial charge in [0.2, 0.25) is 11.8 Å². The van der Waals surface area contributed by atoms with Gasteiger partial charge >= 0.3 is 0 Å². The lowest BCUT2D eigenvalue weighted by molar-refractivity contribution is -0.142. The third-order valence-electron chi connectivity index (χ3n) is 3.45. The van der Waals surface area contributed by atoms with Gasteiger partial charge in [-0.25, -0.2) is 0 Å². The number of imide groups is 1. The molecule has 0 bridgehead atoms. The fourth-order valence-electron chi connectivity index (χ4n) is 2.67. The number of nitriles is 1. The predicted octanol–water partition coefficient (Wildman–Crippen LogP) is 1.07. The molecule has 0 aromatic rings. The first-order valence-corrected chi connectivity index (χ1v) is 5.40. The van der Waals surface area contributed by atoms with Gasteiger partial charge in [-0.2, -0.15) is 5.26 Å². The molecule has 1 aliphatic heterocycles. The zero-order valence-electron chi connectivity index (χ0n) is 8.77. The first kappa shape index (κ1) is 10.2. The summed E-state index contributed by atoms with van der Waals surface area (Å²) in [5.74, 6) is -0.271. The van der Waals surface area contributed by atoms with Crippen molar-refractivity contribution in [2.45, 2.75) is 38.6 Å². The molecule has 4 nitrogen and oxygen atoms in total. The number of fused-ring (bicyclic) bond motifs is 1. The largest absolute Gasteiger partial charge is 0.278 e. The van der Waals surface area contributed by atoms with Gasteiger partial charge in [0.25, 0.3) is 0 Å². The van der Waals surface area contributed by atoms with E-state index in [9.17, 15) is 9.59 Å². The summed E-state index contributed by atoms with van der Waals surface area (Å²) < 4.78 is 0. The van der Waals surface area contributed by atoms with E-state index < -0.39 is 0 Å². The van der Waals surface area contributed by atoms with Crippen LogP contribution >= 0.6 is 0 Å². The van der Waals surface area contributed by atoms with Gasteiger partial charge in [0.15, 0.2) is 0 Å². The van der Waals surface area contributed by atoms with E-state index in [1.165, 1.54) is 4.90 Å². The Kier molecular flexibility index (Phi) is 2.47. The van der Waals surface area contributed by atoms with Crippen LogP contribution in [-0.2, 0) is 9.59 Å². The Morgan fingerprint density at radius 2 is 1.93 bits per heavy atom. The molecule has 2 aliphatic rings. The molecule has 0 radical (unpaired) electrons. The predicted molar refractivity (Wildman–Crippen MR) is 52.4 cm³/mol. The molecule has 2 amide bonds. The number of carbonyl (C=O) groups excluding carboxylic acids is 2. The van der Waals surface area contributed by atoms with Crippen molar-refractivity contribution in [1.82, 2.24) is 4.90 Å². The Hall–Kier alpha value is -1.37. The molecule has 1 saturated heterocycles. The summed E-state index contributed by atoms with van der Waals surface area (Å²) in [6.45, 7) is 1.76. The Labute approximate surface area is 88.9 Å². The van der Waals surface area contributed by atoms with Gasteiger partial charge < -0.3 is 0 Å². The molecule has 4 heteroatoms. The van der Waals surface area contributed by atoms with Crippen molar-refractivity contribution in [3.8, 4) is 6.07 Å². The fourth-order valence-corrected chi connectivity index (χ4v) is 2.67. The number of amides is 2. The minimum absolute atomic E-state index is 0.0507. The maximum Gasteiger partial charge on any atom is 0.233 e. The van der Waals surface area contributed by atoms with Gasteiger partial charge in [-0.15, -0.1) is 0 Å². The Bertz CT molecular complexity index is 323. The molecule has 3 atom stereocenters. The summed E-state index contributed by atoms with van der Waals surface area (Å²) in [7, 11) is 0. The number of carbonyl (C=O) groups is 2. The molecule has 1 aliphatic carbocycles. The smallest absolute Gasteiger partial charge is 0.233 e. The normalized spacial score (nSPS) is 31.6. The molecule has 2 rings (SSSR count). The van der Waals surface area contributed by atoms with E-state index >= 15 is 0 Å². The van der Waals surface area contributed by atoms with E-state index in [-0.39, 0.29) is 36.1 Å². The number of hydrogen-bond donors (Lipinski definition) is 0. The SMILES string of the molecule is CC(CC#N)N1C(=O)C2CCCC2C1=O. The van der Waals surface area contributed by atoms with E-state index in [2.05, 4.69) is 0 Å². The highest BCUT2D eigenvalue weighted by Crippen LogP contribution is 2.40. The highest BCUT2D eigenvalue weighted by molar-refractivity contribution is 6.05. The quantitative estimate of drug-likeness (QED) is 0.635. The summed E-state index contributed by atoms with van der Waals surface area (Å²) in [6, 6.07) is 1.74. The zero-order chi connectivity index (χ0) is 11.0. The van der Waals surface area contributed by atoms with Crippen LogP contribution in [0.3, 0.4) is 0 Å². The maximum absolute atomic E-state index is 11.9. The van der Waals surface area contributed by atoms with Gasteiger partial charge in [0, 0.05) is 6.04 Å². The molecule has 2 fully saturated rings. The highest BCUT2D eigenvalue weighted by atomic mass is 16.2. The molecule has 0 aromatic heterocycles. The third-order valence-corrected chi connectivity index (χ3v) is 3.45. The average molecular weight is 206 g/mol. The highest BCUT2D eigenvalue weighted by Gasteiger charge is 2.50. The summed E-state index contributed by atoms with van der Waals surface area (Å²) in [6.07, 6.45) is 2.89. The van der Waals surface area contributed by atoms with E-state index in [0.717, 1.165) is 19.3 Å². The minimum Gasteiger partial charge on any atom is -0.278 e. The standard InChI is InChI=1S/C11H14N2O2/c1-7(5-6-12)13-10(14)8-3-2-4-9(8)11(13)15/h7-9H,2-5H2,1H3. The molecular formula is C11H14N2O2. The van der Waals surface area contributed by atoms with Crippen LogP contribution < -0.4 is 0 Å². The first-order valence-electron chi connectivity index (χ1n) is 5.40. The van der Waals surface area contributed by atoms with Crippen LogP contribution in [0, 0.1) is 23.2 Å². The van der Waals surface area contributed by atoms with Crippen LogP contribution in [0.25, 0.3) is 0 Å². The lowest BCUT2D eigenvalue weighted by Crippen LogP contribution is -2.39. The molecule has 1 heterocycles. The topological polar surface area (TPSA) is 61.2 Å². The minimum atomic E-state index is -0.263. The van der Waals surface area contributed by atoms with Gasteiger partial charge in [0.1, 0.15) is 0 Å². The van der Waals surface area contributed by atoms with E-state index in [4.69, 9.17) is 5.26 Å². The van der Waals surface area contributed by atoms with Crippen molar-refractivity contribution in [1.29, 1.82) is 5.26 Å². The second kappa shape index (κ2) is 3.65. The van der Waals surface area contributed by atoms with Gasteiger partial charge in [0.05, 0.1) is 24.3 Å². The van der Waals surface area contributed by atoms with Crippen LogP contribution in [0.4, 0.5) is 0 Å². The Balaban J connectivity index is 2.18. The summed E-state index contributed by atoms with van der Waals surface area (Å²) in [4.78, 5) is 25.1. The molecule has 0 aromatic carbocycles. The van der Waals surface area contributed by atoms with E-state index in [1.807, 2.05) is 6.07 Å². The van der Waals surface area contributed by atoms with Crippen molar-refractivity contribution in [2.75, 3.05) is 0 Å². The van der Waals surface area contributed by atoms with Crippen LogP contribution in [0.2, 0.25) is 0 Å². The molecule has 0 N–H and O–H groups in total. The zero-order valence-corrected chi connectivity index (χ0v) is 8.77. The molecule has 15 heavy (non-hydrogen) atoms. The fraction of sp³-hybridized carbons (Fsp3) is 0.727. The van der Waals surface area contributed by atoms with Crippen molar-refractivity contribution in [3.05, 3.63) is 0 Å². The first-order chi connectivity index (χ1) is 7.16. The number of rotatable bonds is 2. The van der Waals surface area contributed by atoms with Crippen LogP contribution in [0.1, 0.15) is 32.6 Å². The van der Waals surface area contributed by atoms with Crippen LogP contribution in [0.15, 0.2) is 0 Å². The summed E-state index contributed by atoms with van der Waals surface area (Å²) in [5.41, 5.74) is 0. The van der Waals surface area contributed by atoms with Crippen molar-refractivity contribution in [2.24, 2.45) is 11.8 Å².